The van der Waals surface area contributed by atoms with Crippen molar-refractivity contribution in [1.29, 1.82) is 0 Å². The molecule has 0 aliphatic heterocycles. The fourth-order valence-electron chi connectivity index (χ4n) is 7.18. The van der Waals surface area contributed by atoms with E-state index >= 15 is 0 Å². The topological polar surface area (TPSA) is 173 Å². The molecule has 0 aromatic heterocycles. The number of phenols is 2. The van der Waals surface area contributed by atoms with Crippen molar-refractivity contribution in [3.05, 3.63) is 253 Å². The molecule has 16 heteroatoms. The Balaban J connectivity index is 0.000000489. The number of rotatable bonds is 11. The Morgan fingerprint density at radius 1 is 0.287 bits per heavy atom. The molecular formula is C64H58Cl2K2O10S2. The summed E-state index contributed by atoms with van der Waals surface area (Å²) in [6.07, 6.45) is 0. The molecule has 0 saturated heterocycles. The minimum absolute atomic E-state index is 0. The zero-order valence-electron chi connectivity index (χ0n) is 40.8. The van der Waals surface area contributed by atoms with E-state index in [4.69, 9.17) is 42.9 Å². The normalized spacial score (nSPS) is 10.2. The minimum Gasteiger partial charge on any atom is -0.872 e. The van der Waals surface area contributed by atoms with Crippen LogP contribution in [0.15, 0.2) is 262 Å². The fourth-order valence-corrected chi connectivity index (χ4v) is 9.95. The first-order valence-electron chi connectivity index (χ1n) is 22.5. The molecule has 0 spiro atoms. The fraction of sp³-hybridized carbons (Fsp3) is 0.0625. The molecule has 10 aromatic rings. The van der Waals surface area contributed by atoms with E-state index in [1.807, 2.05) is 72.8 Å². The van der Waals surface area contributed by atoms with Crippen molar-refractivity contribution in [2.45, 2.75) is 49.3 Å². The Hall–Kier alpha value is -5.25. The smallest absolute Gasteiger partial charge is 0.872 e. The van der Waals surface area contributed by atoms with E-state index in [2.05, 4.69) is 0 Å². The van der Waals surface area contributed by atoms with Crippen molar-refractivity contribution in [1.82, 2.24) is 0 Å². The summed E-state index contributed by atoms with van der Waals surface area (Å²) in [5.41, 5.74) is 5.79. The monoisotopic (exact) mass is 1200 g/mol. The number of hydrogen-bond donors (Lipinski definition) is 2. The van der Waals surface area contributed by atoms with Crippen molar-refractivity contribution in [2.75, 3.05) is 0 Å². The summed E-state index contributed by atoms with van der Waals surface area (Å²) < 4.78 is 62.6. The van der Waals surface area contributed by atoms with E-state index in [9.17, 15) is 27.0 Å². The SMILES string of the molecule is C.C.C.C.O=S(=O)(c1ccc(Cl)cc1)c1ccc(Cl)cc1.O=S(=O)(c1ccc(Oc2ccc(-c3ccc([O-])cc3)cc2)cc1)c1ccc(Oc2ccc(-c3ccc([O-])cc3)cc2)cc1.Oc1ccc(-c2ccc(O)cc2)cc1.[K+].[K+]. The molecule has 80 heavy (non-hydrogen) atoms. The largest absolute Gasteiger partial charge is 1.00 e. The van der Waals surface area contributed by atoms with Crippen LogP contribution in [-0.2, 0) is 19.7 Å². The Kier molecular flexibility index (Phi) is 29.2. The Morgan fingerprint density at radius 3 is 0.688 bits per heavy atom. The molecule has 10 nitrogen and oxygen atoms in total. The number of halogens is 2. The molecule has 0 unspecified atom stereocenters. The molecule has 2 N–H and O–H groups in total. The van der Waals surface area contributed by atoms with Crippen molar-refractivity contribution in [3.63, 3.8) is 0 Å². The van der Waals surface area contributed by atoms with Gasteiger partial charge >= 0.3 is 103 Å². The first kappa shape index (κ1) is 70.9. The Morgan fingerprint density at radius 2 is 0.463 bits per heavy atom. The molecule has 0 radical (unpaired) electrons. The van der Waals surface area contributed by atoms with E-state index in [1.165, 1.54) is 72.8 Å². The molecule has 10 aromatic carbocycles. The number of aromatic hydroxyl groups is 2. The van der Waals surface area contributed by atoms with Crippen LogP contribution in [0.5, 0.6) is 46.0 Å². The Labute approximate surface area is 566 Å². The van der Waals surface area contributed by atoms with Crippen LogP contribution in [0.25, 0.3) is 33.4 Å². The maximum Gasteiger partial charge on any atom is 1.00 e. The van der Waals surface area contributed by atoms with Gasteiger partial charge in [0.1, 0.15) is 34.5 Å². The summed E-state index contributed by atoms with van der Waals surface area (Å²) in [5.74, 6) is 2.64. The van der Waals surface area contributed by atoms with Crippen LogP contribution < -0.4 is 122 Å². The summed E-state index contributed by atoms with van der Waals surface area (Å²) >= 11 is 11.4. The molecule has 0 aliphatic carbocycles. The third kappa shape index (κ3) is 19.5. The summed E-state index contributed by atoms with van der Waals surface area (Å²) in [7, 11) is -7.24. The molecule has 0 heterocycles. The first-order valence-corrected chi connectivity index (χ1v) is 26.2. The zero-order valence-corrected chi connectivity index (χ0v) is 50.2. The predicted octanol–water partition coefficient (Wildman–Crippen LogP) is 10.7. The van der Waals surface area contributed by atoms with E-state index in [0.29, 0.717) is 33.0 Å². The number of benzene rings is 10. The second-order valence-electron chi connectivity index (χ2n) is 16.3. The van der Waals surface area contributed by atoms with Gasteiger partial charge in [-0.1, -0.05) is 150 Å². The van der Waals surface area contributed by atoms with Gasteiger partial charge in [0.15, 0.2) is 0 Å². The predicted molar refractivity (Wildman–Crippen MR) is 312 cm³/mol. The molecule has 10 rings (SSSR count). The standard InChI is InChI=1S/C36H26O6S.C12H8Cl2O2S.C12H10O2.4CH4.2K/c37-29-9-1-25(2-10-29)27-5-13-31(14-6-27)41-33-17-21-35(22-18-33)43(39,40)36-23-19-34(20-24-36)42-32-15-7-28(8-16-32)26-3-11-30(38)12-4-26;13-9-1-5-11(6-2-9)17(15,16)12-7-3-10(14)4-8-12;13-11-5-1-9(2-6-11)10-3-7-12(14)8-4-10;;;;;;/h1-24,37-38H;1-8H;1-8,13-14H;4*1H4;;/q;;;;;;;2*+1/p-2. The van der Waals surface area contributed by atoms with Crippen LogP contribution in [-0.4, -0.2) is 27.0 Å². The van der Waals surface area contributed by atoms with Gasteiger partial charge in [0.25, 0.3) is 0 Å². The second kappa shape index (κ2) is 33.0. The molecule has 0 bridgehead atoms. The van der Waals surface area contributed by atoms with Crippen molar-refractivity contribution in [2.24, 2.45) is 0 Å². The van der Waals surface area contributed by atoms with Gasteiger partial charge in [-0.3, -0.25) is 0 Å². The number of sulfone groups is 2. The van der Waals surface area contributed by atoms with E-state index in [0.717, 1.165) is 33.4 Å². The number of ether oxygens (including phenoxy) is 2. The van der Waals surface area contributed by atoms with Crippen LogP contribution in [0.1, 0.15) is 29.7 Å². The van der Waals surface area contributed by atoms with E-state index in [-0.39, 0.29) is 175 Å². The van der Waals surface area contributed by atoms with Crippen LogP contribution in [0.3, 0.4) is 0 Å². The molecule has 0 aliphatic rings. The molecule has 0 saturated carbocycles. The molecule has 402 valence electrons. The summed E-state index contributed by atoms with van der Waals surface area (Å²) in [5, 5.41) is 41.9. The third-order valence-electron chi connectivity index (χ3n) is 11.1. The van der Waals surface area contributed by atoms with Gasteiger partial charge in [-0.2, -0.15) is 0 Å². The van der Waals surface area contributed by atoms with Gasteiger partial charge in [0.2, 0.25) is 19.7 Å². The van der Waals surface area contributed by atoms with Crippen molar-refractivity contribution < 1.29 is 150 Å². The summed E-state index contributed by atoms with van der Waals surface area (Å²) in [6, 6.07) is 66.6. The zero-order chi connectivity index (χ0) is 52.2. The molecular weight excluding hydrogens is 1140 g/mol. The van der Waals surface area contributed by atoms with Gasteiger partial charge in [-0.15, -0.1) is 11.5 Å². The molecule has 0 atom stereocenters. The van der Waals surface area contributed by atoms with Gasteiger partial charge < -0.3 is 29.9 Å². The van der Waals surface area contributed by atoms with E-state index in [1.54, 1.807) is 97.1 Å². The third-order valence-corrected chi connectivity index (χ3v) is 15.2. The average molecular weight is 1200 g/mol. The molecule has 0 fully saturated rings. The maximum atomic E-state index is 13.2. The van der Waals surface area contributed by atoms with Crippen molar-refractivity contribution >= 4 is 42.9 Å². The van der Waals surface area contributed by atoms with Gasteiger partial charge in [0, 0.05) is 10.0 Å². The summed E-state index contributed by atoms with van der Waals surface area (Å²) in [6.45, 7) is 0. The van der Waals surface area contributed by atoms with Crippen molar-refractivity contribution in [3.8, 4) is 79.4 Å². The van der Waals surface area contributed by atoms with Gasteiger partial charge in [0.05, 0.1) is 19.6 Å². The van der Waals surface area contributed by atoms with E-state index < -0.39 is 19.7 Å². The minimum atomic E-state index is -3.75. The second-order valence-corrected chi connectivity index (χ2v) is 21.0. The van der Waals surface area contributed by atoms with Crippen LogP contribution in [0, 0.1) is 0 Å². The quantitative estimate of drug-likeness (QED) is 0.119. The summed E-state index contributed by atoms with van der Waals surface area (Å²) in [4.78, 5) is 0.714. The van der Waals surface area contributed by atoms with Gasteiger partial charge in [-0.25, -0.2) is 16.8 Å². The van der Waals surface area contributed by atoms with Crippen LogP contribution in [0.2, 0.25) is 10.0 Å². The number of hydrogen-bond acceptors (Lipinski definition) is 10. The molecule has 0 amide bonds. The Bertz CT molecular complexity index is 3430. The average Bonchev–Trinajstić information content (AvgIpc) is 3.41. The number of phenolic OH excluding ortho intramolecular Hbond substituents is 2. The maximum absolute atomic E-state index is 13.2. The first-order chi connectivity index (χ1) is 35.6. The van der Waals surface area contributed by atoms with Crippen LogP contribution in [0.4, 0.5) is 0 Å². The van der Waals surface area contributed by atoms with Crippen LogP contribution >= 0.6 is 23.2 Å². The van der Waals surface area contributed by atoms with Gasteiger partial charge in [-0.05, 0) is 179 Å².